The van der Waals surface area contributed by atoms with Gasteiger partial charge >= 0.3 is 0 Å². The zero-order chi connectivity index (χ0) is 20.4. The molecule has 1 amide bonds. The minimum absolute atomic E-state index is 0.122. The molecule has 0 aliphatic heterocycles. The van der Waals surface area contributed by atoms with Crippen molar-refractivity contribution in [1.82, 2.24) is 4.98 Å². The number of hydrogen-bond donors (Lipinski definition) is 1. The summed E-state index contributed by atoms with van der Waals surface area (Å²) in [6.45, 7) is 6.16. The number of carbonyl (C=O) groups excluding carboxylic acids is 1. The van der Waals surface area contributed by atoms with Crippen molar-refractivity contribution < 1.29 is 4.79 Å². The largest absolute Gasteiger partial charge is 0.322 e. The third-order valence-corrected chi connectivity index (χ3v) is 5.26. The second kappa shape index (κ2) is 7.88. The number of fused-ring (bicyclic) bond motifs is 1. The highest BCUT2D eigenvalue weighted by Gasteiger charge is 2.15. The molecular weight excluding hydrogens is 356 g/mol. The minimum Gasteiger partial charge on any atom is -0.322 e. The lowest BCUT2D eigenvalue weighted by Crippen LogP contribution is -2.14. The Morgan fingerprint density at radius 1 is 0.931 bits per heavy atom. The Kier molecular flexibility index (Phi) is 5.13. The number of amides is 1. The molecule has 3 aromatic carbocycles. The zero-order valence-corrected chi connectivity index (χ0v) is 17.0. The molecule has 144 valence electrons. The maximum Gasteiger partial charge on any atom is 0.256 e. The molecule has 0 aliphatic carbocycles. The van der Waals surface area contributed by atoms with Gasteiger partial charge in [0.15, 0.2) is 0 Å². The number of aryl methyl sites for hydroxylation is 3. The molecule has 0 saturated heterocycles. The summed E-state index contributed by atoms with van der Waals surface area (Å²) in [5.74, 6) is -0.122. The fourth-order valence-electron chi connectivity index (χ4n) is 3.48. The summed E-state index contributed by atoms with van der Waals surface area (Å²) in [7, 11) is 0. The number of aromatic nitrogens is 1. The second-order valence-corrected chi connectivity index (χ2v) is 7.40. The zero-order valence-electron chi connectivity index (χ0n) is 17.0. The van der Waals surface area contributed by atoms with Crippen LogP contribution in [0.2, 0.25) is 0 Å². The topological polar surface area (TPSA) is 42.0 Å². The monoisotopic (exact) mass is 380 g/mol. The normalized spacial score (nSPS) is 10.9. The number of nitrogens with one attached hydrogen (secondary N) is 1. The van der Waals surface area contributed by atoms with Gasteiger partial charge in [-0.15, -0.1) is 0 Å². The number of anilines is 1. The Hall–Kier alpha value is -3.46. The van der Waals surface area contributed by atoms with Crippen LogP contribution in [0.15, 0.2) is 72.8 Å². The van der Waals surface area contributed by atoms with E-state index in [-0.39, 0.29) is 5.91 Å². The van der Waals surface area contributed by atoms with Crippen molar-refractivity contribution in [1.29, 1.82) is 0 Å². The molecule has 29 heavy (non-hydrogen) atoms. The van der Waals surface area contributed by atoms with Gasteiger partial charge in [-0.2, -0.15) is 0 Å². The molecule has 3 nitrogen and oxygen atoms in total. The van der Waals surface area contributed by atoms with Crippen molar-refractivity contribution in [3.8, 4) is 11.3 Å². The van der Waals surface area contributed by atoms with Crippen LogP contribution in [0.1, 0.15) is 34.0 Å². The Labute approximate surface area is 171 Å². The van der Waals surface area contributed by atoms with Gasteiger partial charge in [0.2, 0.25) is 0 Å². The lowest BCUT2D eigenvalue weighted by molar-refractivity contribution is 0.102. The highest BCUT2D eigenvalue weighted by molar-refractivity contribution is 6.13. The standard InChI is InChI=1S/C26H24N2O/c1-4-19-11-13-20(14-12-19)25-16-22(21-7-5-6-8-23(21)27-25)26(29)28-24-15-17(2)9-10-18(24)3/h5-16H,4H2,1-3H3,(H,28,29). The second-order valence-electron chi connectivity index (χ2n) is 7.40. The summed E-state index contributed by atoms with van der Waals surface area (Å²) >= 11 is 0. The molecule has 0 spiro atoms. The van der Waals surface area contributed by atoms with Crippen LogP contribution in [0.25, 0.3) is 22.2 Å². The molecule has 0 aliphatic rings. The molecule has 0 unspecified atom stereocenters. The lowest BCUT2D eigenvalue weighted by Gasteiger charge is -2.13. The molecule has 0 saturated carbocycles. The molecule has 1 heterocycles. The number of rotatable bonds is 4. The third-order valence-electron chi connectivity index (χ3n) is 5.26. The molecular formula is C26H24N2O. The highest BCUT2D eigenvalue weighted by Crippen LogP contribution is 2.26. The van der Waals surface area contributed by atoms with Crippen molar-refractivity contribution in [3.63, 3.8) is 0 Å². The van der Waals surface area contributed by atoms with Gasteiger partial charge < -0.3 is 5.32 Å². The van der Waals surface area contributed by atoms with Crippen LogP contribution in [0.4, 0.5) is 5.69 Å². The SMILES string of the molecule is CCc1ccc(-c2cc(C(=O)Nc3cc(C)ccc3C)c3ccccc3n2)cc1. The fourth-order valence-corrected chi connectivity index (χ4v) is 3.48. The average molecular weight is 380 g/mol. The summed E-state index contributed by atoms with van der Waals surface area (Å²) in [6, 6.07) is 24.1. The summed E-state index contributed by atoms with van der Waals surface area (Å²) < 4.78 is 0. The van der Waals surface area contributed by atoms with E-state index in [1.165, 1.54) is 5.56 Å². The van der Waals surface area contributed by atoms with Crippen LogP contribution in [0.3, 0.4) is 0 Å². The van der Waals surface area contributed by atoms with E-state index in [9.17, 15) is 4.79 Å². The van der Waals surface area contributed by atoms with Gasteiger partial charge in [-0.25, -0.2) is 4.98 Å². The smallest absolute Gasteiger partial charge is 0.256 e. The summed E-state index contributed by atoms with van der Waals surface area (Å²) in [5, 5.41) is 3.94. The average Bonchev–Trinajstić information content (AvgIpc) is 2.75. The Balaban J connectivity index is 1.79. The number of nitrogens with zero attached hydrogens (tertiary/aromatic N) is 1. The van der Waals surface area contributed by atoms with E-state index in [0.29, 0.717) is 5.56 Å². The molecule has 0 radical (unpaired) electrons. The van der Waals surface area contributed by atoms with Gasteiger partial charge in [-0.05, 0) is 55.2 Å². The predicted octanol–water partition coefficient (Wildman–Crippen LogP) is 6.33. The van der Waals surface area contributed by atoms with Crippen LogP contribution in [0, 0.1) is 13.8 Å². The third kappa shape index (κ3) is 3.90. The molecule has 4 aromatic rings. The molecule has 0 bridgehead atoms. The Morgan fingerprint density at radius 3 is 2.45 bits per heavy atom. The van der Waals surface area contributed by atoms with E-state index in [4.69, 9.17) is 4.98 Å². The van der Waals surface area contributed by atoms with Crippen LogP contribution in [-0.2, 0) is 6.42 Å². The molecule has 1 N–H and O–H groups in total. The number of hydrogen-bond acceptors (Lipinski definition) is 2. The molecule has 1 aromatic heterocycles. The number of para-hydroxylation sites is 1. The first-order valence-electron chi connectivity index (χ1n) is 9.93. The summed E-state index contributed by atoms with van der Waals surface area (Å²) in [5.41, 5.74) is 7.53. The van der Waals surface area contributed by atoms with E-state index in [1.807, 2.05) is 62.4 Å². The van der Waals surface area contributed by atoms with E-state index < -0.39 is 0 Å². The first kappa shape index (κ1) is 18.9. The van der Waals surface area contributed by atoms with Crippen LogP contribution in [0.5, 0.6) is 0 Å². The van der Waals surface area contributed by atoms with Gasteiger partial charge in [-0.3, -0.25) is 4.79 Å². The van der Waals surface area contributed by atoms with Crippen molar-refractivity contribution in [2.24, 2.45) is 0 Å². The number of carbonyl (C=O) groups is 1. The Morgan fingerprint density at radius 2 is 1.69 bits per heavy atom. The van der Waals surface area contributed by atoms with Gasteiger partial charge in [-0.1, -0.05) is 61.5 Å². The molecule has 3 heteroatoms. The van der Waals surface area contributed by atoms with Gasteiger partial charge in [0.05, 0.1) is 16.8 Å². The van der Waals surface area contributed by atoms with Gasteiger partial charge in [0.1, 0.15) is 0 Å². The van der Waals surface area contributed by atoms with Gasteiger partial charge in [0.25, 0.3) is 5.91 Å². The quantitative estimate of drug-likeness (QED) is 0.449. The highest BCUT2D eigenvalue weighted by atomic mass is 16.1. The number of pyridine rings is 1. The molecule has 4 rings (SSSR count). The van der Waals surface area contributed by atoms with Gasteiger partial charge in [0, 0.05) is 16.6 Å². The number of benzene rings is 3. The van der Waals surface area contributed by atoms with Crippen molar-refractivity contribution >= 4 is 22.5 Å². The maximum absolute atomic E-state index is 13.2. The molecule has 0 fully saturated rings. The Bertz CT molecular complexity index is 1190. The van der Waals surface area contributed by atoms with E-state index in [2.05, 4.69) is 36.5 Å². The minimum atomic E-state index is -0.122. The van der Waals surface area contributed by atoms with Crippen molar-refractivity contribution in [3.05, 3.63) is 95.1 Å². The van der Waals surface area contributed by atoms with E-state index >= 15 is 0 Å². The van der Waals surface area contributed by atoms with Crippen LogP contribution < -0.4 is 5.32 Å². The summed E-state index contributed by atoms with van der Waals surface area (Å²) in [6.07, 6.45) is 0.995. The van der Waals surface area contributed by atoms with E-state index in [0.717, 1.165) is 45.4 Å². The van der Waals surface area contributed by atoms with Crippen molar-refractivity contribution in [2.45, 2.75) is 27.2 Å². The predicted molar refractivity (Wildman–Crippen MR) is 120 cm³/mol. The summed E-state index contributed by atoms with van der Waals surface area (Å²) in [4.78, 5) is 18.0. The lowest BCUT2D eigenvalue weighted by atomic mass is 10.0. The maximum atomic E-state index is 13.2. The molecule has 0 atom stereocenters. The first-order valence-corrected chi connectivity index (χ1v) is 9.93. The van der Waals surface area contributed by atoms with Crippen LogP contribution >= 0.6 is 0 Å². The van der Waals surface area contributed by atoms with Crippen molar-refractivity contribution in [2.75, 3.05) is 5.32 Å². The fraction of sp³-hybridized carbons (Fsp3) is 0.154. The van der Waals surface area contributed by atoms with E-state index in [1.54, 1.807) is 0 Å². The van der Waals surface area contributed by atoms with Crippen LogP contribution in [-0.4, -0.2) is 10.9 Å². The first-order chi connectivity index (χ1) is 14.0.